The highest BCUT2D eigenvalue weighted by Crippen LogP contribution is 2.26. The maximum absolute atomic E-state index is 9.79. The van der Waals surface area contributed by atoms with Crippen LogP contribution in [0, 0.1) is 0 Å². The van der Waals surface area contributed by atoms with E-state index in [1.807, 2.05) is 36.4 Å². The van der Waals surface area contributed by atoms with Crippen LogP contribution < -0.4 is 0 Å². The van der Waals surface area contributed by atoms with E-state index in [2.05, 4.69) is 19.1 Å². The van der Waals surface area contributed by atoms with Crippen molar-refractivity contribution in [2.45, 2.75) is 38.9 Å². The molecule has 0 amide bonds. The normalized spacial score (nSPS) is 12.2. The van der Waals surface area contributed by atoms with Gasteiger partial charge in [0, 0.05) is 5.56 Å². The third-order valence-electron chi connectivity index (χ3n) is 3.42. The highest BCUT2D eigenvalue weighted by atomic mass is 16.5. The van der Waals surface area contributed by atoms with Gasteiger partial charge in [-0.2, -0.15) is 0 Å². The van der Waals surface area contributed by atoms with E-state index in [0.717, 1.165) is 24.8 Å². The summed E-state index contributed by atoms with van der Waals surface area (Å²) in [6, 6.07) is 17.6. The molecule has 1 atom stereocenters. The molecule has 106 valence electrons. The van der Waals surface area contributed by atoms with Gasteiger partial charge in [-0.1, -0.05) is 68.3 Å². The van der Waals surface area contributed by atoms with Crippen LogP contribution in [0.25, 0.3) is 0 Å². The minimum absolute atomic E-state index is 0.0933. The number of rotatable bonds is 7. The fourth-order valence-corrected chi connectivity index (χ4v) is 2.23. The molecule has 0 saturated heterocycles. The maximum Gasteiger partial charge on any atom is 0.121 e. The number of ether oxygens (including phenoxy) is 1. The Kier molecular flexibility index (Phi) is 5.63. The quantitative estimate of drug-likeness (QED) is 0.780. The highest BCUT2D eigenvalue weighted by Gasteiger charge is 2.12. The van der Waals surface area contributed by atoms with Crippen molar-refractivity contribution in [3.63, 3.8) is 0 Å². The van der Waals surface area contributed by atoms with Gasteiger partial charge in [-0.25, -0.2) is 0 Å². The van der Waals surface area contributed by atoms with Crippen molar-refractivity contribution in [3.05, 3.63) is 65.7 Å². The molecule has 0 saturated carbocycles. The smallest absolute Gasteiger partial charge is 0.121 e. The van der Waals surface area contributed by atoms with Gasteiger partial charge in [-0.15, -0.1) is 0 Å². The Bertz CT molecular complexity index is 508. The van der Waals surface area contributed by atoms with Crippen LogP contribution in [0.1, 0.15) is 43.4 Å². The lowest BCUT2D eigenvalue weighted by atomic mass is 10.0. The van der Waals surface area contributed by atoms with Gasteiger partial charge in [0.2, 0.25) is 0 Å². The summed E-state index contributed by atoms with van der Waals surface area (Å²) in [5.41, 5.74) is 2.04. The number of benzene rings is 2. The zero-order chi connectivity index (χ0) is 14.2. The summed E-state index contributed by atoms with van der Waals surface area (Å²) in [6.07, 6.45) is 3.40. The SMILES string of the molecule is CCCCC(OCc1ccccc1O)c1ccccc1. The lowest BCUT2D eigenvalue weighted by Crippen LogP contribution is -2.05. The topological polar surface area (TPSA) is 29.5 Å². The predicted molar refractivity (Wildman–Crippen MR) is 81.6 cm³/mol. The fraction of sp³-hybridized carbons (Fsp3) is 0.333. The van der Waals surface area contributed by atoms with Crippen molar-refractivity contribution in [2.24, 2.45) is 0 Å². The minimum Gasteiger partial charge on any atom is -0.508 e. The standard InChI is InChI=1S/C18H22O2/c1-2-3-13-18(15-9-5-4-6-10-15)20-14-16-11-7-8-12-17(16)19/h4-12,18-19H,2-3,13-14H2,1H3. The van der Waals surface area contributed by atoms with Gasteiger partial charge in [-0.05, 0) is 18.1 Å². The van der Waals surface area contributed by atoms with Crippen LogP contribution in [0.3, 0.4) is 0 Å². The molecule has 20 heavy (non-hydrogen) atoms. The van der Waals surface area contributed by atoms with Crippen molar-refractivity contribution in [2.75, 3.05) is 0 Å². The molecule has 0 aliphatic rings. The monoisotopic (exact) mass is 270 g/mol. The first-order chi connectivity index (χ1) is 9.81. The number of unbranched alkanes of at least 4 members (excludes halogenated alkanes) is 1. The van der Waals surface area contributed by atoms with E-state index >= 15 is 0 Å². The molecule has 0 aromatic heterocycles. The van der Waals surface area contributed by atoms with Crippen molar-refractivity contribution in [1.29, 1.82) is 0 Å². The number of hydrogen-bond acceptors (Lipinski definition) is 2. The molecule has 0 spiro atoms. The third-order valence-corrected chi connectivity index (χ3v) is 3.42. The van der Waals surface area contributed by atoms with E-state index in [4.69, 9.17) is 4.74 Å². The van der Waals surface area contributed by atoms with E-state index in [-0.39, 0.29) is 6.10 Å². The Hall–Kier alpha value is -1.80. The summed E-state index contributed by atoms with van der Waals surface area (Å²) >= 11 is 0. The van der Waals surface area contributed by atoms with Gasteiger partial charge in [0.15, 0.2) is 0 Å². The molecular weight excluding hydrogens is 248 g/mol. The molecular formula is C18H22O2. The van der Waals surface area contributed by atoms with Gasteiger partial charge in [0.05, 0.1) is 12.7 Å². The number of hydrogen-bond donors (Lipinski definition) is 1. The second-order valence-electron chi connectivity index (χ2n) is 4.98. The lowest BCUT2D eigenvalue weighted by Gasteiger charge is -2.18. The molecule has 2 heteroatoms. The molecule has 2 aromatic carbocycles. The van der Waals surface area contributed by atoms with E-state index in [0.29, 0.717) is 12.4 Å². The van der Waals surface area contributed by atoms with Gasteiger partial charge in [0.25, 0.3) is 0 Å². The first-order valence-electron chi connectivity index (χ1n) is 7.24. The van der Waals surface area contributed by atoms with Crippen molar-refractivity contribution >= 4 is 0 Å². The molecule has 2 nitrogen and oxygen atoms in total. The molecule has 2 rings (SSSR count). The van der Waals surface area contributed by atoms with Gasteiger partial charge in [0.1, 0.15) is 5.75 Å². The number of phenolic OH excluding ortho intramolecular Hbond substituents is 1. The predicted octanol–water partition coefficient (Wildman–Crippen LogP) is 4.84. The van der Waals surface area contributed by atoms with Crippen LogP contribution in [-0.2, 0) is 11.3 Å². The zero-order valence-corrected chi connectivity index (χ0v) is 12.0. The van der Waals surface area contributed by atoms with Crippen LogP contribution in [0.15, 0.2) is 54.6 Å². The van der Waals surface area contributed by atoms with E-state index < -0.39 is 0 Å². The molecule has 0 radical (unpaired) electrons. The lowest BCUT2D eigenvalue weighted by molar-refractivity contribution is 0.0315. The van der Waals surface area contributed by atoms with E-state index in [9.17, 15) is 5.11 Å². The van der Waals surface area contributed by atoms with E-state index in [1.165, 1.54) is 5.56 Å². The van der Waals surface area contributed by atoms with Crippen LogP contribution in [0.2, 0.25) is 0 Å². The third kappa shape index (κ3) is 4.10. The number of para-hydroxylation sites is 1. The molecule has 0 aliphatic carbocycles. The molecule has 1 N–H and O–H groups in total. The molecule has 2 aromatic rings. The van der Waals surface area contributed by atoms with Crippen molar-refractivity contribution in [1.82, 2.24) is 0 Å². The first kappa shape index (κ1) is 14.6. The summed E-state index contributed by atoms with van der Waals surface area (Å²) in [5, 5.41) is 9.79. The Morgan fingerprint density at radius 3 is 2.40 bits per heavy atom. The molecule has 0 heterocycles. The Balaban J connectivity index is 2.03. The summed E-state index contributed by atoms with van der Waals surface area (Å²) in [4.78, 5) is 0. The van der Waals surface area contributed by atoms with Crippen molar-refractivity contribution < 1.29 is 9.84 Å². The number of phenols is 1. The zero-order valence-electron chi connectivity index (χ0n) is 12.0. The van der Waals surface area contributed by atoms with Gasteiger partial charge >= 0.3 is 0 Å². The average Bonchev–Trinajstić information content (AvgIpc) is 2.50. The van der Waals surface area contributed by atoms with Crippen LogP contribution in [-0.4, -0.2) is 5.11 Å². The summed E-state index contributed by atoms with van der Waals surface area (Å²) < 4.78 is 6.04. The minimum atomic E-state index is 0.0933. The Morgan fingerprint density at radius 1 is 1.00 bits per heavy atom. The first-order valence-corrected chi connectivity index (χ1v) is 7.24. The summed E-state index contributed by atoms with van der Waals surface area (Å²) in [5.74, 6) is 0.301. The molecule has 0 fully saturated rings. The summed E-state index contributed by atoms with van der Waals surface area (Å²) in [6.45, 7) is 2.63. The fourth-order valence-electron chi connectivity index (χ4n) is 2.23. The van der Waals surface area contributed by atoms with Crippen molar-refractivity contribution in [3.8, 4) is 5.75 Å². The maximum atomic E-state index is 9.79. The largest absolute Gasteiger partial charge is 0.508 e. The van der Waals surface area contributed by atoms with Crippen LogP contribution >= 0.6 is 0 Å². The Labute approximate surface area is 121 Å². The van der Waals surface area contributed by atoms with Crippen LogP contribution in [0.4, 0.5) is 0 Å². The van der Waals surface area contributed by atoms with E-state index in [1.54, 1.807) is 6.07 Å². The molecule has 0 aliphatic heterocycles. The Morgan fingerprint density at radius 2 is 1.70 bits per heavy atom. The molecule has 0 bridgehead atoms. The molecule has 1 unspecified atom stereocenters. The number of aromatic hydroxyl groups is 1. The van der Waals surface area contributed by atoms with Gasteiger partial charge < -0.3 is 9.84 Å². The van der Waals surface area contributed by atoms with Crippen LogP contribution in [0.5, 0.6) is 5.75 Å². The van der Waals surface area contributed by atoms with Gasteiger partial charge in [-0.3, -0.25) is 0 Å². The summed E-state index contributed by atoms with van der Waals surface area (Å²) in [7, 11) is 0. The highest BCUT2D eigenvalue weighted by molar-refractivity contribution is 5.31. The second kappa shape index (κ2) is 7.71. The average molecular weight is 270 g/mol. The second-order valence-corrected chi connectivity index (χ2v) is 4.98.